The normalized spacial score (nSPS) is 15.5. The summed E-state index contributed by atoms with van der Waals surface area (Å²) in [4.78, 5) is 56.8. The zero-order valence-electron chi connectivity index (χ0n) is 23.9. The highest BCUT2D eigenvalue weighted by Crippen LogP contribution is 2.27. The summed E-state index contributed by atoms with van der Waals surface area (Å²) in [6.45, 7) is -0.444. The van der Waals surface area contributed by atoms with E-state index in [0.717, 1.165) is 22.0 Å². The quantitative estimate of drug-likeness (QED) is 0.213. The topological polar surface area (TPSA) is 142 Å². The minimum absolute atomic E-state index is 0.184. The lowest BCUT2D eigenvalue weighted by Crippen LogP contribution is -2.57. The first-order chi connectivity index (χ1) is 20.9. The molecule has 2 heterocycles. The largest absolute Gasteiger partial charge is 0.493 e. The minimum atomic E-state index is -0.953. The smallest absolute Gasteiger partial charge is 0.250 e. The van der Waals surface area contributed by atoms with Crippen LogP contribution in [0.25, 0.3) is 10.9 Å². The van der Waals surface area contributed by atoms with Crippen LogP contribution in [0.4, 0.5) is 0 Å². The van der Waals surface area contributed by atoms with Crippen LogP contribution in [0.5, 0.6) is 11.5 Å². The van der Waals surface area contributed by atoms with Gasteiger partial charge in [0.05, 0.1) is 14.2 Å². The van der Waals surface area contributed by atoms with Crippen molar-refractivity contribution in [2.45, 2.75) is 25.0 Å². The van der Waals surface area contributed by atoms with E-state index in [9.17, 15) is 19.2 Å². The molecule has 1 saturated heterocycles. The maximum atomic E-state index is 13.5. The van der Waals surface area contributed by atoms with Gasteiger partial charge in [-0.05, 0) is 34.9 Å². The number of benzene rings is 3. The van der Waals surface area contributed by atoms with Crippen LogP contribution in [0.2, 0.25) is 0 Å². The lowest BCUT2D eigenvalue weighted by atomic mass is 10.0. The molecule has 43 heavy (non-hydrogen) atoms. The number of methoxy groups -OCH3 is 2. The molecule has 0 aliphatic carbocycles. The van der Waals surface area contributed by atoms with Gasteiger partial charge >= 0.3 is 0 Å². The summed E-state index contributed by atoms with van der Waals surface area (Å²) in [5, 5.41) is 9.32. The first-order valence-corrected chi connectivity index (χ1v) is 13.8. The zero-order valence-corrected chi connectivity index (χ0v) is 23.9. The van der Waals surface area contributed by atoms with Crippen molar-refractivity contribution >= 4 is 34.5 Å². The molecule has 5 rings (SSSR count). The lowest BCUT2D eigenvalue weighted by Gasteiger charge is -2.32. The van der Waals surface area contributed by atoms with Crippen LogP contribution in [0, 0.1) is 0 Å². The summed E-state index contributed by atoms with van der Waals surface area (Å²) in [7, 11) is 3.08. The van der Waals surface area contributed by atoms with Crippen molar-refractivity contribution in [2.24, 2.45) is 0 Å². The van der Waals surface area contributed by atoms with Gasteiger partial charge in [0.15, 0.2) is 11.5 Å². The molecular weight excluding hydrogens is 550 g/mol. The third kappa shape index (κ3) is 6.78. The molecule has 1 aromatic heterocycles. The van der Waals surface area contributed by atoms with E-state index in [1.54, 1.807) is 43.5 Å². The van der Waals surface area contributed by atoms with Crippen molar-refractivity contribution in [3.05, 3.63) is 95.7 Å². The van der Waals surface area contributed by atoms with E-state index in [2.05, 4.69) is 20.9 Å². The van der Waals surface area contributed by atoms with E-state index in [4.69, 9.17) is 9.47 Å². The molecule has 3 aromatic carbocycles. The van der Waals surface area contributed by atoms with E-state index in [0.29, 0.717) is 17.1 Å². The Bertz CT molecular complexity index is 1640. The SMILES string of the molecule is COc1ccc(CNC(=O)C(Cc2c[nH]c3ccccc23)NC(=O)CN2CC(=O)NC(c3ccccc3)C2=O)cc1OC. The van der Waals surface area contributed by atoms with Gasteiger partial charge in [-0.3, -0.25) is 19.2 Å². The summed E-state index contributed by atoms with van der Waals surface area (Å²) in [5.41, 5.74) is 3.16. The summed E-state index contributed by atoms with van der Waals surface area (Å²) in [6.07, 6.45) is 2.02. The summed E-state index contributed by atoms with van der Waals surface area (Å²) in [5.74, 6) is -0.630. The van der Waals surface area contributed by atoms with Crippen molar-refractivity contribution in [1.82, 2.24) is 25.8 Å². The Hall–Kier alpha value is -5.32. The lowest BCUT2D eigenvalue weighted by molar-refractivity contribution is -0.146. The Morgan fingerprint density at radius 2 is 1.72 bits per heavy atom. The number of rotatable bonds is 11. The molecule has 1 aliphatic rings. The second-order valence-electron chi connectivity index (χ2n) is 10.2. The number of piperazine rings is 1. The molecule has 11 heteroatoms. The molecule has 4 N–H and O–H groups in total. The van der Waals surface area contributed by atoms with Gasteiger partial charge in [-0.25, -0.2) is 0 Å². The maximum Gasteiger partial charge on any atom is 0.250 e. The van der Waals surface area contributed by atoms with Gasteiger partial charge in [0.1, 0.15) is 25.2 Å². The van der Waals surface area contributed by atoms with Gasteiger partial charge in [-0.2, -0.15) is 0 Å². The molecule has 2 atom stereocenters. The van der Waals surface area contributed by atoms with Crippen LogP contribution < -0.4 is 25.4 Å². The van der Waals surface area contributed by atoms with Crippen molar-refractivity contribution < 1.29 is 28.7 Å². The molecule has 1 aliphatic heterocycles. The van der Waals surface area contributed by atoms with Crippen molar-refractivity contribution in [1.29, 1.82) is 0 Å². The zero-order chi connectivity index (χ0) is 30.3. The fourth-order valence-corrected chi connectivity index (χ4v) is 5.15. The van der Waals surface area contributed by atoms with E-state index in [1.165, 1.54) is 12.0 Å². The number of nitrogens with one attached hydrogen (secondary N) is 4. The van der Waals surface area contributed by atoms with Crippen LogP contribution in [0.15, 0.2) is 79.0 Å². The van der Waals surface area contributed by atoms with Gasteiger partial charge < -0.3 is 35.3 Å². The Balaban J connectivity index is 1.31. The summed E-state index contributed by atoms with van der Waals surface area (Å²) in [6, 6.07) is 20.0. The molecule has 0 spiro atoms. The average Bonchev–Trinajstić information content (AvgIpc) is 3.44. The number of nitrogens with zero attached hydrogens (tertiary/aromatic N) is 1. The van der Waals surface area contributed by atoms with Gasteiger partial charge in [-0.15, -0.1) is 0 Å². The van der Waals surface area contributed by atoms with Crippen LogP contribution >= 0.6 is 0 Å². The third-order valence-corrected chi connectivity index (χ3v) is 7.33. The number of hydrogen-bond acceptors (Lipinski definition) is 6. The predicted molar refractivity (Wildman–Crippen MR) is 159 cm³/mol. The number of para-hydroxylation sites is 1. The summed E-state index contributed by atoms with van der Waals surface area (Å²) < 4.78 is 10.6. The van der Waals surface area contributed by atoms with Crippen molar-refractivity contribution in [3.63, 3.8) is 0 Å². The first kappa shape index (κ1) is 29.2. The maximum absolute atomic E-state index is 13.5. The van der Waals surface area contributed by atoms with Crippen LogP contribution in [0.1, 0.15) is 22.7 Å². The molecule has 4 amide bonds. The van der Waals surface area contributed by atoms with E-state index < -0.39 is 29.8 Å². The molecule has 0 bridgehead atoms. The fourth-order valence-electron chi connectivity index (χ4n) is 5.15. The summed E-state index contributed by atoms with van der Waals surface area (Å²) >= 11 is 0. The van der Waals surface area contributed by atoms with Crippen molar-refractivity contribution in [2.75, 3.05) is 27.3 Å². The predicted octanol–water partition coefficient (Wildman–Crippen LogP) is 2.23. The minimum Gasteiger partial charge on any atom is -0.493 e. The van der Waals surface area contributed by atoms with Gasteiger partial charge in [0.25, 0.3) is 5.91 Å². The Morgan fingerprint density at radius 1 is 0.977 bits per heavy atom. The highest BCUT2D eigenvalue weighted by Gasteiger charge is 2.35. The highest BCUT2D eigenvalue weighted by atomic mass is 16.5. The average molecular weight is 584 g/mol. The molecular formula is C32H33N5O6. The molecule has 4 aromatic rings. The van der Waals surface area contributed by atoms with E-state index >= 15 is 0 Å². The number of carbonyl (C=O) groups is 4. The second kappa shape index (κ2) is 13.1. The molecule has 0 radical (unpaired) electrons. The van der Waals surface area contributed by atoms with E-state index in [1.807, 2.05) is 42.6 Å². The number of fused-ring (bicyclic) bond motifs is 1. The van der Waals surface area contributed by atoms with Gasteiger partial charge in [-0.1, -0.05) is 54.6 Å². The Morgan fingerprint density at radius 3 is 2.49 bits per heavy atom. The molecule has 0 saturated carbocycles. The van der Waals surface area contributed by atoms with E-state index in [-0.39, 0.29) is 32.0 Å². The van der Waals surface area contributed by atoms with Crippen LogP contribution in [-0.4, -0.2) is 66.9 Å². The number of hydrogen-bond donors (Lipinski definition) is 4. The fraction of sp³-hybridized carbons (Fsp3) is 0.250. The number of carbonyl (C=O) groups excluding carboxylic acids is 4. The molecule has 1 fully saturated rings. The van der Waals surface area contributed by atoms with Crippen molar-refractivity contribution in [3.8, 4) is 11.5 Å². The van der Waals surface area contributed by atoms with Gasteiger partial charge in [0.2, 0.25) is 17.7 Å². The van der Waals surface area contributed by atoms with Crippen LogP contribution in [-0.2, 0) is 32.1 Å². The molecule has 222 valence electrons. The number of aromatic nitrogens is 1. The number of amides is 4. The van der Waals surface area contributed by atoms with Crippen LogP contribution in [0.3, 0.4) is 0 Å². The monoisotopic (exact) mass is 583 g/mol. The number of ether oxygens (including phenoxy) is 2. The third-order valence-electron chi connectivity index (χ3n) is 7.33. The number of aromatic amines is 1. The Kier molecular flexibility index (Phi) is 8.90. The first-order valence-electron chi connectivity index (χ1n) is 13.8. The molecule has 2 unspecified atom stereocenters. The number of H-pyrrole nitrogens is 1. The Labute approximate surface area is 248 Å². The second-order valence-corrected chi connectivity index (χ2v) is 10.2. The highest BCUT2D eigenvalue weighted by molar-refractivity contribution is 5.98. The molecule has 11 nitrogen and oxygen atoms in total. The van der Waals surface area contributed by atoms with Gasteiger partial charge in [0, 0.05) is 30.1 Å². The standard InChI is InChI=1S/C32H33N5O6/c1-42-26-13-12-20(14-27(26)43-2)16-34-31(40)25(15-22-17-33-24-11-7-6-10-23(22)24)35-28(38)18-37-19-29(39)36-30(32(37)41)21-8-4-3-5-9-21/h3-14,17,25,30,33H,15-16,18-19H2,1-2H3,(H,34,40)(H,35,38)(H,36,39).